The van der Waals surface area contributed by atoms with E-state index < -0.39 is 0 Å². The molecule has 0 N–H and O–H groups in total. The summed E-state index contributed by atoms with van der Waals surface area (Å²) in [7, 11) is 0. The minimum Gasteiger partial charge on any atom is -0.372 e. The Balaban J connectivity index is 1.48. The third-order valence-electron chi connectivity index (χ3n) is 5.74. The molecule has 0 bridgehead atoms. The zero-order valence-electron chi connectivity index (χ0n) is 16.1. The maximum Gasteiger partial charge on any atom is 0.248 e. The molecule has 0 atom stereocenters. The number of rotatable bonds is 7. The van der Waals surface area contributed by atoms with Crippen molar-refractivity contribution in [2.45, 2.75) is 45.6 Å². The second-order valence-electron chi connectivity index (χ2n) is 7.84. The minimum atomic E-state index is 0.0172. The highest BCUT2D eigenvalue weighted by atomic mass is 35.5. The van der Waals surface area contributed by atoms with Gasteiger partial charge < -0.3 is 14.5 Å². The number of amides is 2. The molecule has 1 aromatic carbocycles. The number of likely N-dealkylation sites (tertiary alicyclic amines) is 2. The summed E-state index contributed by atoms with van der Waals surface area (Å²) in [6.07, 6.45) is 4.42. The summed E-state index contributed by atoms with van der Waals surface area (Å²) < 4.78 is 5.45. The topological polar surface area (TPSA) is 49.9 Å². The van der Waals surface area contributed by atoms with E-state index in [1.807, 2.05) is 34.1 Å². The second kappa shape index (κ2) is 9.07. The molecule has 0 radical (unpaired) electrons. The van der Waals surface area contributed by atoms with Gasteiger partial charge in [0.15, 0.2) is 0 Å². The Hall–Kier alpha value is -1.59. The molecular weight excluding hydrogens is 364 g/mol. The van der Waals surface area contributed by atoms with E-state index in [-0.39, 0.29) is 23.8 Å². The van der Waals surface area contributed by atoms with Crippen LogP contribution >= 0.6 is 11.6 Å². The molecule has 2 fully saturated rings. The molecule has 2 amide bonds. The Morgan fingerprint density at radius 1 is 1.22 bits per heavy atom. The van der Waals surface area contributed by atoms with Crippen molar-refractivity contribution in [3.63, 3.8) is 0 Å². The van der Waals surface area contributed by atoms with E-state index in [1.54, 1.807) is 0 Å². The van der Waals surface area contributed by atoms with E-state index in [2.05, 4.69) is 6.92 Å². The summed E-state index contributed by atoms with van der Waals surface area (Å²) in [4.78, 5) is 28.7. The third kappa shape index (κ3) is 5.23. The number of carbonyl (C=O) groups is 2. The average molecular weight is 393 g/mol. The van der Waals surface area contributed by atoms with Gasteiger partial charge in [-0.15, -0.1) is 0 Å². The second-order valence-corrected chi connectivity index (χ2v) is 8.28. The van der Waals surface area contributed by atoms with Gasteiger partial charge in [0.2, 0.25) is 11.8 Å². The normalized spacial score (nSPS) is 19.1. The van der Waals surface area contributed by atoms with Crippen LogP contribution in [0.5, 0.6) is 0 Å². The molecule has 1 aromatic rings. The number of piperidine rings is 1. The van der Waals surface area contributed by atoms with Gasteiger partial charge in [-0.2, -0.15) is 0 Å². The van der Waals surface area contributed by atoms with Gasteiger partial charge >= 0.3 is 0 Å². The number of hydrogen-bond acceptors (Lipinski definition) is 3. The van der Waals surface area contributed by atoms with Crippen molar-refractivity contribution < 1.29 is 14.3 Å². The van der Waals surface area contributed by atoms with Gasteiger partial charge in [-0.25, -0.2) is 0 Å². The van der Waals surface area contributed by atoms with Gasteiger partial charge in [0, 0.05) is 49.6 Å². The van der Waals surface area contributed by atoms with Crippen LogP contribution in [0.3, 0.4) is 0 Å². The Morgan fingerprint density at radius 2 is 1.93 bits per heavy atom. The Bertz CT molecular complexity index is 654. The molecule has 0 saturated carbocycles. The van der Waals surface area contributed by atoms with Crippen LogP contribution in [-0.4, -0.2) is 54.5 Å². The lowest BCUT2D eigenvalue weighted by molar-refractivity contribution is -0.138. The number of unbranched alkanes of at least 4 members (excludes halogenated alkanes) is 1. The maximum absolute atomic E-state index is 12.5. The number of ether oxygens (including phenoxy) is 1. The first-order valence-electron chi connectivity index (χ1n) is 9.89. The van der Waals surface area contributed by atoms with Crippen molar-refractivity contribution >= 4 is 23.4 Å². The van der Waals surface area contributed by atoms with E-state index in [4.69, 9.17) is 16.3 Å². The smallest absolute Gasteiger partial charge is 0.248 e. The molecule has 2 saturated heterocycles. The van der Waals surface area contributed by atoms with Crippen LogP contribution in [-0.2, 0) is 20.9 Å². The Morgan fingerprint density at radius 3 is 2.59 bits per heavy atom. The van der Waals surface area contributed by atoms with Crippen LogP contribution in [0.15, 0.2) is 24.3 Å². The quantitative estimate of drug-likeness (QED) is 0.667. The lowest BCUT2D eigenvalue weighted by Gasteiger charge is -2.38. The molecule has 0 aromatic heterocycles. The molecule has 0 aliphatic carbocycles. The molecule has 27 heavy (non-hydrogen) atoms. The SMILES string of the molecule is CCCCOCC(=O)N1CCC2(CC1)CC(=O)N(Cc1ccc(Cl)cc1)C2. The summed E-state index contributed by atoms with van der Waals surface area (Å²) in [6.45, 7) is 5.78. The lowest BCUT2D eigenvalue weighted by Crippen LogP contribution is -2.45. The summed E-state index contributed by atoms with van der Waals surface area (Å²) in [5.41, 5.74) is 1.12. The van der Waals surface area contributed by atoms with Gasteiger partial charge in [0.05, 0.1) is 0 Å². The molecular formula is C21H29ClN2O3. The fourth-order valence-corrected chi connectivity index (χ4v) is 4.12. The summed E-state index contributed by atoms with van der Waals surface area (Å²) >= 11 is 5.94. The highest BCUT2D eigenvalue weighted by Gasteiger charge is 2.45. The molecule has 3 rings (SSSR count). The van der Waals surface area contributed by atoms with Crippen LogP contribution in [0.4, 0.5) is 0 Å². The number of halogens is 1. The third-order valence-corrected chi connectivity index (χ3v) is 5.99. The molecule has 148 valence electrons. The van der Waals surface area contributed by atoms with Crippen molar-refractivity contribution in [2.75, 3.05) is 32.8 Å². The first kappa shape index (κ1) is 20.2. The first-order valence-corrected chi connectivity index (χ1v) is 10.3. The predicted octanol–water partition coefficient (Wildman–Crippen LogP) is 3.50. The molecule has 2 aliphatic heterocycles. The molecule has 0 unspecified atom stereocenters. The fraction of sp³-hybridized carbons (Fsp3) is 0.619. The number of carbonyl (C=O) groups excluding carboxylic acids is 2. The van der Waals surface area contributed by atoms with Crippen molar-refractivity contribution in [2.24, 2.45) is 5.41 Å². The maximum atomic E-state index is 12.5. The molecule has 6 heteroatoms. The van der Waals surface area contributed by atoms with Gasteiger partial charge in [-0.1, -0.05) is 37.1 Å². The minimum absolute atomic E-state index is 0.0172. The highest BCUT2D eigenvalue weighted by Crippen LogP contribution is 2.41. The van der Waals surface area contributed by atoms with E-state index >= 15 is 0 Å². The molecule has 2 heterocycles. The van der Waals surface area contributed by atoms with Crippen molar-refractivity contribution in [3.8, 4) is 0 Å². The monoisotopic (exact) mass is 392 g/mol. The fourth-order valence-electron chi connectivity index (χ4n) is 4.00. The zero-order chi connectivity index (χ0) is 19.3. The zero-order valence-corrected chi connectivity index (χ0v) is 16.8. The Kier molecular flexibility index (Phi) is 6.77. The van der Waals surface area contributed by atoms with Crippen LogP contribution < -0.4 is 0 Å². The molecule has 1 spiro atoms. The number of benzene rings is 1. The first-order chi connectivity index (χ1) is 13.0. The summed E-state index contributed by atoms with van der Waals surface area (Å²) in [5.74, 6) is 0.288. The average Bonchev–Trinajstić information content (AvgIpc) is 2.96. The van der Waals surface area contributed by atoms with Crippen molar-refractivity contribution in [3.05, 3.63) is 34.9 Å². The number of hydrogen-bond donors (Lipinski definition) is 0. The van der Waals surface area contributed by atoms with Crippen molar-refractivity contribution in [1.29, 1.82) is 0 Å². The number of nitrogens with zero attached hydrogens (tertiary/aromatic N) is 2. The summed E-state index contributed by atoms with van der Waals surface area (Å²) in [5, 5.41) is 0.707. The Labute approximate surface area is 166 Å². The van der Waals surface area contributed by atoms with Crippen LogP contribution in [0, 0.1) is 5.41 Å². The van der Waals surface area contributed by atoms with Crippen LogP contribution in [0.2, 0.25) is 5.02 Å². The van der Waals surface area contributed by atoms with Crippen molar-refractivity contribution in [1.82, 2.24) is 9.80 Å². The van der Waals surface area contributed by atoms with Gasteiger partial charge in [-0.05, 0) is 37.0 Å². The van der Waals surface area contributed by atoms with Gasteiger partial charge in [0.1, 0.15) is 6.61 Å². The van der Waals surface area contributed by atoms with E-state index in [9.17, 15) is 9.59 Å². The standard InChI is InChI=1S/C21H29ClN2O3/c1-2-3-12-27-15-20(26)23-10-8-21(9-11-23)13-19(25)24(16-21)14-17-4-6-18(22)7-5-17/h4-7H,2-3,8-16H2,1H3. The van der Waals surface area contributed by atoms with E-state index in [1.165, 1.54) is 0 Å². The van der Waals surface area contributed by atoms with Crippen LogP contribution in [0.25, 0.3) is 0 Å². The summed E-state index contributed by atoms with van der Waals surface area (Å²) in [6, 6.07) is 7.67. The molecule has 2 aliphatic rings. The largest absolute Gasteiger partial charge is 0.372 e. The molecule has 5 nitrogen and oxygen atoms in total. The van der Waals surface area contributed by atoms with Crippen LogP contribution in [0.1, 0.15) is 44.6 Å². The van der Waals surface area contributed by atoms with Gasteiger partial charge in [-0.3, -0.25) is 9.59 Å². The highest BCUT2D eigenvalue weighted by molar-refractivity contribution is 6.30. The predicted molar refractivity (Wildman–Crippen MR) is 105 cm³/mol. The lowest BCUT2D eigenvalue weighted by atomic mass is 9.77. The van der Waals surface area contributed by atoms with E-state index in [0.29, 0.717) is 24.6 Å². The van der Waals surface area contributed by atoms with Gasteiger partial charge in [0.25, 0.3) is 0 Å². The van der Waals surface area contributed by atoms with E-state index in [0.717, 1.165) is 50.9 Å².